The summed E-state index contributed by atoms with van der Waals surface area (Å²) in [5.41, 5.74) is 0.484. The van der Waals surface area contributed by atoms with Gasteiger partial charge in [-0.05, 0) is 39.5 Å². The standard InChI is InChI=1S/C12H18O4.C11H16O5/c1-3-11(13)15-9-7-5-6-8-10-16-12(14)4-2;1-7(2)10(13)15-5-9(12)6-16-11(14)8(3)4/h3-4H,1-2,5-10H2;9,12H,1,3,5-6H2,2,4H3. The van der Waals surface area contributed by atoms with Gasteiger partial charge in [0.1, 0.15) is 19.3 Å². The quantitative estimate of drug-likeness (QED) is 0.172. The van der Waals surface area contributed by atoms with Gasteiger partial charge in [0.25, 0.3) is 0 Å². The highest BCUT2D eigenvalue weighted by atomic mass is 16.6. The van der Waals surface area contributed by atoms with Crippen molar-refractivity contribution in [1.29, 1.82) is 0 Å². The van der Waals surface area contributed by atoms with E-state index in [1.54, 1.807) is 0 Å². The zero-order valence-corrected chi connectivity index (χ0v) is 18.9. The molecule has 32 heavy (non-hydrogen) atoms. The van der Waals surface area contributed by atoms with Gasteiger partial charge >= 0.3 is 23.9 Å². The van der Waals surface area contributed by atoms with Crippen molar-refractivity contribution in [3.8, 4) is 0 Å². The van der Waals surface area contributed by atoms with E-state index in [-0.39, 0.29) is 36.3 Å². The van der Waals surface area contributed by atoms with Gasteiger partial charge in [0.05, 0.1) is 13.2 Å². The Morgan fingerprint density at radius 3 is 1.34 bits per heavy atom. The number of unbranched alkanes of at least 4 members (excludes halogenated alkanes) is 3. The van der Waals surface area contributed by atoms with E-state index in [9.17, 15) is 24.3 Å². The number of hydrogen-bond acceptors (Lipinski definition) is 9. The van der Waals surface area contributed by atoms with Crippen LogP contribution in [-0.2, 0) is 38.1 Å². The van der Waals surface area contributed by atoms with Crippen LogP contribution in [-0.4, -0.2) is 61.5 Å². The molecule has 0 fully saturated rings. The molecule has 9 heteroatoms. The molecule has 0 atom stereocenters. The highest BCUT2D eigenvalue weighted by Gasteiger charge is 2.12. The van der Waals surface area contributed by atoms with Gasteiger partial charge in [0.2, 0.25) is 0 Å². The molecule has 180 valence electrons. The molecule has 0 saturated carbocycles. The fourth-order valence-electron chi connectivity index (χ4n) is 1.66. The molecule has 9 nitrogen and oxygen atoms in total. The third kappa shape index (κ3) is 20.1. The molecule has 0 rings (SSSR count). The van der Waals surface area contributed by atoms with Crippen molar-refractivity contribution in [2.45, 2.75) is 45.6 Å². The first-order valence-corrected chi connectivity index (χ1v) is 9.96. The molecule has 1 N–H and O–H groups in total. The Morgan fingerprint density at radius 1 is 0.719 bits per heavy atom. The number of aliphatic hydroxyl groups excluding tert-OH is 1. The van der Waals surface area contributed by atoms with Crippen LogP contribution in [0.5, 0.6) is 0 Å². The summed E-state index contributed by atoms with van der Waals surface area (Å²) in [7, 11) is 0. The number of hydrogen-bond donors (Lipinski definition) is 1. The summed E-state index contributed by atoms with van der Waals surface area (Å²) in [6.07, 6.45) is 4.76. The molecule has 0 aromatic heterocycles. The number of aliphatic hydroxyl groups is 1. The normalized spacial score (nSPS) is 9.50. The summed E-state index contributed by atoms with van der Waals surface area (Å²) >= 11 is 0. The fraction of sp³-hybridized carbons (Fsp3) is 0.478. The third-order valence-electron chi connectivity index (χ3n) is 3.37. The zero-order valence-electron chi connectivity index (χ0n) is 18.9. The van der Waals surface area contributed by atoms with Crippen molar-refractivity contribution >= 4 is 23.9 Å². The van der Waals surface area contributed by atoms with Crippen LogP contribution in [0.15, 0.2) is 49.6 Å². The van der Waals surface area contributed by atoms with Crippen LogP contribution in [0.3, 0.4) is 0 Å². The van der Waals surface area contributed by atoms with E-state index in [1.165, 1.54) is 13.8 Å². The minimum Gasteiger partial charge on any atom is -0.463 e. The molecule has 0 heterocycles. The molecular weight excluding hydrogens is 420 g/mol. The first kappa shape index (κ1) is 31.0. The third-order valence-corrected chi connectivity index (χ3v) is 3.37. The first-order valence-electron chi connectivity index (χ1n) is 9.96. The Labute approximate surface area is 189 Å². The second-order valence-electron chi connectivity index (χ2n) is 6.57. The lowest BCUT2D eigenvalue weighted by Gasteiger charge is -2.11. The van der Waals surface area contributed by atoms with Crippen LogP contribution in [0.4, 0.5) is 0 Å². The van der Waals surface area contributed by atoms with E-state index in [0.717, 1.165) is 37.8 Å². The topological polar surface area (TPSA) is 125 Å². The summed E-state index contributed by atoms with van der Waals surface area (Å²) < 4.78 is 18.9. The average molecular weight is 455 g/mol. The number of ether oxygens (including phenoxy) is 4. The fourth-order valence-corrected chi connectivity index (χ4v) is 1.66. The largest absolute Gasteiger partial charge is 0.463 e. The van der Waals surface area contributed by atoms with E-state index in [2.05, 4.69) is 35.8 Å². The zero-order chi connectivity index (χ0) is 24.9. The summed E-state index contributed by atoms with van der Waals surface area (Å²) in [5, 5.41) is 9.30. The maximum atomic E-state index is 10.9. The van der Waals surface area contributed by atoms with E-state index >= 15 is 0 Å². The molecule has 0 aromatic carbocycles. The number of esters is 4. The lowest BCUT2D eigenvalue weighted by molar-refractivity contribution is -0.147. The monoisotopic (exact) mass is 454 g/mol. The minimum absolute atomic E-state index is 0.241. The Hall–Kier alpha value is -3.20. The summed E-state index contributed by atoms with van der Waals surface area (Å²) in [6, 6.07) is 0. The van der Waals surface area contributed by atoms with Crippen LogP contribution >= 0.6 is 0 Å². The Morgan fingerprint density at radius 2 is 1.06 bits per heavy atom. The van der Waals surface area contributed by atoms with Gasteiger partial charge in [-0.2, -0.15) is 0 Å². The lowest BCUT2D eigenvalue weighted by atomic mass is 10.2. The van der Waals surface area contributed by atoms with Crippen molar-refractivity contribution in [2.24, 2.45) is 0 Å². The average Bonchev–Trinajstić information content (AvgIpc) is 2.76. The summed E-state index contributed by atoms with van der Waals surface area (Å²) in [4.78, 5) is 43.2. The highest BCUT2D eigenvalue weighted by molar-refractivity contribution is 5.87. The Kier molecular flexibility index (Phi) is 19.1. The van der Waals surface area contributed by atoms with Crippen LogP contribution in [0.2, 0.25) is 0 Å². The molecule has 0 saturated heterocycles. The highest BCUT2D eigenvalue weighted by Crippen LogP contribution is 2.01. The van der Waals surface area contributed by atoms with Crippen molar-refractivity contribution in [2.75, 3.05) is 26.4 Å². The van der Waals surface area contributed by atoms with Crippen LogP contribution in [0, 0.1) is 0 Å². The second kappa shape index (κ2) is 19.7. The van der Waals surface area contributed by atoms with Gasteiger partial charge < -0.3 is 24.1 Å². The number of carbonyl (C=O) groups excluding carboxylic acids is 4. The molecule has 0 aliphatic heterocycles. The van der Waals surface area contributed by atoms with E-state index < -0.39 is 18.0 Å². The molecular formula is C23H34O9. The number of rotatable bonds is 15. The number of carbonyl (C=O) groups is 4. The smallest absolute Gasteiger partial charge is 0.333 e. The van der Waals surface area contributed by atoms with Crippen molar-refractivity contribution < 1.29 is 43.2 Å². The molecule has 0 aliphatic carbocycles. The maximum absolute atomic E-state index is 10.9. The predicted molar refractivity (Wildman–Crippen MR) is 118 cm³/mol. The summed E-state index contributed by atoms with van der Waals surface area (Å²) in [5.74, 6) is -1.96. The molecule has 0 amide bonds. The second-order valence-corrected chi connectivity index (χ2v) is 6.57. The molecule has 0 spiro atoms. The molecule has 0 bridgehead atoms. The van der Waals surface area contributed by atoms with E-state index in [1.807, 2.05) is 0 Å². The van der Waals surface area contributed by atoms with Gasteiger partial charge in [0, 0.05) is 23.3 Å². The Bertz CT molecular complexity index is 608. The van der Waals surface area contributed by atoms with Gasteiger partial charge in [0.15, 0.2) is 0 Å². The molecule has 0 aliphatic rings. The summed E-state index contributed by atoms with van der Waals surface area (Å²) in [6.45, 7) is 16.7. The maximum Gasteiger partial charge on any atom is 0.333 e. The van der Waals surface area contributed by atoms with Gasteiger partial charge in [-0.25, -0.2) is 19.2 Å². The molecule has 0 aromatic rings. The minimum atomic E-state index is -1.05. The van der Waals surface area contributed by atoms with Crippen LogP contribution < -0.4 is 0 Å². The van der Waals surface area contributed by atoms with Gasteiger partial charge in [-0.15, -0.1) is 0 Å². The Balaban J connectivity index is 0. The SMILES string of the molecule is C=C(C)C(=O)OCC(O)COC(=O)C(=C)C.C=CC(=O)OCCCCCCOC(=O)C=C. The van der Waals surface area contributed by atoms with Crippen molar-refractivity contribution in [3.63, 3.8) is 0 Å². The van der Waals surface area contributed by atoms with Crippen molar-refractivity contribution in [3.05, 3.63) is 49.6 Å². The van der Waals surface area contributed by atoms with E-state index in [0.29, 0.717) is 13.2 Å². The molecule has 0 radical (unpaired) electrons. The van der Waals surface area contributed by atoms with E-state index in [4.69, 9.17) is 9.47 Å². The first-order chi connectivity index (χ1) is 15.0. The van der Waals surface area contributed by atoms with Gasteiger partial charge in [-0.1, -0.05) is 26.3 Å². The molecule has 0 unspecified atom stereocenters. The predicted octanol–water partition coefficient (Wildman–Crippen LogP) is 2.59. The van der Waals surface area contributed by atoms with Crippen molar-refractivity contribution in [1.82, 2.24) is 0 Å². The van der Waals surface area contributed by atoms with Crippen LogP contribution in [0.1, 0.15) is 39.5 Å². The lowest BCUT2D eigenvalue weighted by Crippen LogP contribution is -2.25. The van der Waals surface area contributed by atoms with Gasteiger partial charge in [-0.3, -0.25) is 0 Å². The van der Waals surface area contributed by atoms with Crippen LogP contribution in [0.25, 0.3) is 0 Å².